The van der Waals surface area contributed by atoms with Gasteiger partial charge in [0.15, 0.2) is 0 Å². The van der Waals surface area contributed by atoms with E-state index in [9.17, 15) is 0 Å². The lowest BCUT2D eigenvalue weighted by molar-refractivity contribution is 0.114. The lowest BCUT2D eigenvalue weighted by atomic mass is 10.1. The van der Waals surface area contributed by atoms with E-state index in [0.717, 1.165) is 6.54 Å². The van der Waals surface area contributed by atoms with E-state index in [1.54, 1.807) is 12.4 Å². The highest BCUT2D eigenvalue weighted by Crippen LogP contribution is 2.17. The van der Waals surface area contributed by atoms with E-state index in [2.05, 4.69) is 10.3 Å². The van der Waals surface area contributed by atoms with Crippen LogP contribution in [0.1, 0.15) is 11.7 Å². The molecule has 2 heterocycles. The summed E-state index contributed by atoms with van der Waals surface area (Å²) in [6.45, 7) is 1.57. The van der Waals surface area contributed by atoms with Crippen molar-refractivity contribution in [1.29, 1.82) is 0 Å². The van der Waals surface area contributed by atoms with E-state index in [-0.39, 0.29) is 6.10 Å². The van der Waals surface area contributed by atoms with E-state index in [1.165, 1.54) is 5.56 Å². The van der Waals surface area contributed by atoms with Crippen molar-refractivity contribution in [3.63, 3.8) is 0 Å². The summed E-state index contributed by atoms with van der Waals surface area (Å²) in [4.78, 5) is 3.94. The van der Waals surface area contributed by atoms with Gasteiger partial charge in [-0.3, -0.25) is 10.3 Å². The van der Waals surface area contributed by atoms with E-state index in [1.807, 2.05) is 12.1 Å². The average Bonchev–Trinajstić information content (AvgIpc) is 2.58. The van der Waals surface area contributed by atoms with E-state index < -0.39 is 0 Å². The number of hydrogen-bond donors (Lipinski definition) is 1. The van der Waals surface area contributed by atoms with Crippen LogP contribution in [-0.2, 0) is 4.74 Å². The molecule has 1 atom stereocenters. The van der Waals surface area contributed by atoms with Gasteiger partial charge in [-0.05, 0) is 17.7 Å². The van der Waals surface area contributed by atoms with Gasteiger partial charge in [-0.2, -0.15) is 0 Å². The molecule has 2 rings (SSSR count). The van der Waals surface area contributed by atoms with Crippen LogP contribution in [0.15, 0.2) is 24.5 Å². The standard InChI is InChI=1S/C8H10N2O/c1-3-9-4-2-7(1)8-5-10-6-11-8/h1-4,8,10H,5-6H2. The van der Waals surface area contributed by atoms with Crippen LogP contribution >= 0.6 is 0 Å². The number of aromatic nitrogens is 1. The molecule has 1 N–H and O–H groups in total. The minimum absolute atomic E-state index is 0.220. The Kier molecular flexibility index (Phi) is 1.83. The van der Waals surface area contributed by atoms with Gasteiger partial charge in [-0.25, -0.2) is 0 Å². The number of pyridine rings is 1. The second-order valence-corrected chi connectivity index (χ2v) is 2.53. The summed E-state index contributed by atoms with van der Waals surface area (Å²) >= 11 is 0. The lowest BCUT2D eigenvalue weighted by Gasteiger charge is -2.06. The molecule has 0 spiro atoms. The molecule has 1 fully saturated rings. The van der Waals surface area contributed by atoms with E-state index in [4.69, 9.17) is 4.74 Å². The van der Waals surface area contributed by atoms with Crippen LogP contribution in [-0.4, -0.2) is 18.3 Å². The number of hydrogen-bond acceptors (Lipinski definition) is 3. The first-order valence-electron chi connectivity index (χ1n) is 3.69. The minimum atomic E-state index is 0.220. The number of nitrogens with zero attached hydrogens (tertiary/aromatic N) is 1. The van der Waals surface area contributed by atoms with Crippen molar-refractivity contribution >= 4 is 0 Å². The molecule has 11 heavy (non-hydrogen) atoms. The Hall–Kier alpha value is -0.930. The van der Waals surface area contributed by atoms with Crippen LogP contribution in [0.3, 0.4) is 0 Å². The third-order valence-electron chi connectivity index (χ3n) is 1.79. The van der Waals surface area contributed by atoms with Crippen molar-refractivity contribution in [2.45, 2.75) is 6.10 Å². The number of ether oxygens (including phenoxy) is 1. The largest absolute Gasteiger partial charge is 0.357 e. The van der Waals surface area contributed by atoms with Crippen LogP contribution in [0.4, 0.5) is 0 Å². The molecule has 1 aliphatic rings. The normalized spacial score (nSPS) is 23.8. The Morgan fingerprint density at radius 2 is 2.27 bits per heavy atom. The predicted molar refractivity (Wildman–Crippen MR) is 40.9 cm³/mol. The van der Waals surface area contributed by atoms with Gasteiger partial charge in [0.1, 0.15) is 0 Å². The van der Waals surface area contributed by atoms with Crippen LogP contribution < -0.4 is 5.32 Å². The maximum atomic E-state index is 5.40. The first kappa shape index (κ1) is 6.76. The SMILES string of the molecule is c1cc(C2CNCO2)ccn1. The van der Waals surface area contributed by atoms with E-state index >= 15 is 0 Å². The second kappa shape index (κ2) is 2.98. The molecule has 1 aromatic heterocycles. The Morgan fingerprint density at radius 3 is 2.91 bits per heavy atom. The second-order valence-electron chi connectivity index (χ2n) is 2.53. The van der Waals surface area contributed by atoms with Crippen molar-refractivity contribution in [2.24, 2.45) is 0 Å². The zero-order chi connectivity index (χ0) is 7.52. The highest BCUT2D eigenvalue weighted by Gasteiger charge is 2.15. The van der Waals surface area contributed by atoms with Gasteiger partial charge in [0.25, 0.3) is 0 Å². The first-order valence-corrected chi connectivity index (χ1v) is 3.69. The zero-order valence-electron chi connectivity index (χ0n) is 6.16. The molecular formula is C8H10N2O. The molecule has 1 aromatic rings. The fourth-order valence-electron chi connectivity index (χ4n) is 1.20. The molecule has 1 saturated heterocycles. The number of rotatable bonds is 1. The Bertz CT molecular complexity index is 219. The summed E-state index contributed by atoms with van der Waals surface area (Å²) in [6.07, 6.45) is 3.80. The maximum absolute atomic E-state index is 5.40. The summed E-state index contributed by atoms with van der Waals surface area (Å²) in [6, 6.07) is 3.97. The molecule has 3 nitrogen and oxygen atoms in total. The fourth-order valence-corrected chi connectivity index (χ4v) is 1.20. The molecule has 3 heteroatoms. The lowest BCUT2D eigenvalue weighted by Crippen LogP contribution is -2.07. The Balaban J connectivity index is 2.16. The molecule has 0 saturated carbocycles. The molecule has 0 radical (unpaired) electrons. The van der Waals surface area contributed by atoms with Gasteiger partial charge in [0.05, 0.1) is 12.8 Å². The van der Waals surface area contributed by atoms with Gasteiger partial charge in [-0.1, -0.05) is 0 Å². The Morgan fingerprint density at radius 1 is 1.45 bits per heavy atom. The van der Waals surface area contributed by atoms with Crippen molar-refractivity contribution in [1.82, 2.24) is 10.3 Å². The topological polar surface area (TPSA) is 34.1 Å². The summed E-state index contributed by atoms with van der Waals surface area (Å²) < 4.78 is 5.40. The maximum Gasteiger partial charge on any atom is 0.0975 e. The quantitative estimate of drug-likeness (QED) is 0.640. The minimum Gasteiger partial charge on any atom is -0.357 e. The molecular weight excluding hydrogens is 140 g/mol. The predicted octanol–water partition coefficient (Wildman–Crippen LogP) is 0.700. The Labute approximate surface area is 65.4 Å². The van der Waals surface area contributed by atoms with Crippen molar-refractivity contribution in [3.8, 4) is 0 Å². The molecule has 1 aliphatic heterocycles. The summed E-state index contributed by atoms with van der Waals surface area (Å²) in [7, 11) is 0. The first-order chi connectivity index (χ1) is 5.47. The molecule has 0 aromatic carbocycles. The third-order valence-corrected chi connectivity index (χ3v) is 1.79. The van der Waals surface area contributed by atoms with Crippen LogP contribution in [0.2, 0.25) is 0 Å². The van der Waals surface area contributed by atoms with Gasteiger partial charge >= 0.3 is 0 Å². The van der Waals surface area contributed by atoms with Crippen molar-refractivity contribution in [2.75, 3.05) is 13.3 Å². The van der Waals surface area contributed by atoms with Crippen LogP contribution in [0, 0.1) is 0 Å². The molecule has 1 unspecified atom stereocenters. The highest BCUT2D eigenvalue weighted by atomic mass is 16.5. The van der Waals surface area contributed by atoms with Gasteiger partial charge in [0, 0.05) is 18.9 Å². The zero-order valence-corrected chi connectivity index (χ0v) is 6.16. The van der Waals surface area contributed by atoms with Crippen LogP contribution in [0.5, 0.6) is 0 Å². The average molecular weight is 150 g/mol. The van der Waals surface area contributed by atoms with Gasteiger partial charge < -0.3 is 4.74 Å². The smallest absolute Gasteiger partial charge is 0.0975 e. The van der Waals surface area contributed by atoms with Gasteiger partial charge in [0.2, 0.25) is 0 Å². The third kappa shape index (κ3) is 1.39. The fraction of sp³-hybridized carbons (Fsp3) is 0.375. The summed E-state index contributed by atoms with van der Waals surface area (Å²) in [5.41, 5.74) is 1.20. The number of nitrogens with one attached hydrogen (secondary N) is 1. The van der Waals surface area contributed by atoms with Crippen molar-refractivity contribution in [3.05, 3.63) is 30.1 Å². The van der Waals surface area contributed by atoms with Crippen LogP contribution in [0.25, 0.3) is 0 Å². The van der Waals surface area contributed by atoms with E-state index in [0.29, 0.717) is 6.73 Å². The summed E-state index contributed by atoms with van der Waals surface area (Å²) in [5.74, 6) is 0. The van der Waals surface area contributed by atoms with Crippen molar-refractivity contribution < 1.29 is 4.74 Å². The van der Waals surface area contributed by atoms with Gasteiger partial charge in [-0.15, -0.1) is 0 Å². The highest BCUT2D eigenvalue weighted by molar-refractivity contribution is 5.14. The summed E-state index contributed by atoms with van der Waals surface area (Å²) in [5, 5.41) is 3.13. The molecule has 58 valence electrons. The monoisotopic (exact) mass is 150 g/mol. The molecule has 0 bridgehead atoms. The molecule has 0 amide bonds. The molecule has 0 aliphatic carbocycles.